The second-order valence-corrected chi connectivity index (χ2v) is 10.7. The van der Waals surface area contributed by atoms with E-state index in [1.807, 2.05) is 24.3 Å². The number of carbonyl (C=O) groups is 1. The van der Waals surface area contributed by atoms with Crippen molar-refractivity contribution in [2.24, 2.45) is 0 Å². The Morgan fingerprint density at radius 3 is 2.55 bits per heavy atom. The minimum Gasteiger partial charge on any atom is -0.337 e. The summed E-state index contributed by atoms with van der Waals surface area (Å²) >= 11 is 7.32. The Kier molecular flexibility index (Phi) is 5.40. The molecule has 1 aliphatic rings. The summed E-state index contributed by atoms with van der Waals surface area (Å²) in [6.07, 6.45) is 4.34. The lowest BCUT2D eigenvalue weighted by molar-refractivity contribution is 0.0816. The molecule has 0 atom stereocenters. The molecule has 0 fully saturated rings. The van der Waals surface area contributed by atoms with E-state index in [1.165, 1.54) is 24.5 Å². The Hall–Kier alpha value is -3.27. The summed E-state index contributed by atoms with van der Waals surface area (Å²) in [5, 5.41) is 0.216. The largest absolute Gasteiger partial charge is 0.337 e. The summed E-state index contributed by atoms with van der Waals surface area (Å²) < 4.78 is 27.8. The molecular weight excluding hydrogens is 480 g/mol. The molecule has 0 radical (unpaired) electrons. The third-order valence-corrected chi connectivity index (χ3v) is 8.04. The maximum Gasteiger partial charge on any atom is 0.263 e. The van der Waals surface area contributed by atoms with Gasteiger partial charge in [-0.3, -0.25) is 14.5 Å². The number of pyridine rings is 2. The van der Waals surface area contributed by atoms with Crippen molar-refractivity contribution in [3.63, 3.8) is 0 Å². The predicted molar refractivity (Wildman–Crippen MR) is 129 cm³/mol. The zero-order valence-corrected chi connectivity index (χ0v) is 19.7. The molecule has 10 heteroatoms. The predicted octanol–water partition coefficient (Wildman–Crippen LogP) is 4.91. The molecule has 0 bridgehead atoms. The number of nitrogens with zero attached hydrogens (tertiary/aromatic N) is 3. The van der Waals surface area contributed by atoms with E-state index < -0.39 is 10.0 Å². The van der Waals surface area contributed by atoms with E-state index in [4.69, 9.17) is 11.6 Å². The number of rotatable bonds is 5. The third-order valence-electron chi connectivity index (χ3n) is 5.27. The molecule has 1 amide bonds. The molecule has 4 heterocycles. The van der Waals surface area contributed by atoms with Gasteiger partial charge in [-0.2, -0.15) is 0 Å². The maximum atomic E-state index is 12.6. The van der Waals surface area contributed by atoms with Crippen molar-refractivity contribution < 1.29 is 13.2 Å². The molecule has 1 aromatic carbocycles. The van der Waals surface area contributed by atoms with Crippen LogP contribution in [0, 0.1) is 0 Å². The van der Waals surface area contributed by atoms with Gasteiger partial charge in [0.05, 0.1) is 11.9 Å². The highest BCUT2D eigenvalue weighted by Crippen LogP contribution is 2.36. The van der Waals surface area contributed by atoms with Gasteiger partial charge in [-0.15, -0.1) is 11.3 Å². The normalized spacial score (nSPS) is 13.3. The zero-order chi connectivity index (χ0) is 23.2. The summed E-state index contributed by atoms with van der Waals surface area (Å²) in [5.41, 5.74) is 3.93. The summed E-state index contributed by atoms with van der Waals surface area (Å²) in [4.78, 5) is 23.9. The average Bonchev–Trinajstić information content (AvgIpc) is 3.39. The molecule has 0 unspecified atom stereocenters. The summed E-state index contributed by atoms with van der Waals surface area (Å²) in [6, 6.07) is 14.4. The molecule has 4 aromatic rings. The molecule has 166 valence electrons. The first-order valence-corrected chi connectivity index (χ1v) is 12.6. The number of hydrogen-bond donors (Lipinski definition) is 1. The van der Waals surface area contributed by atoms with Gasteiger partial charge in [0.15, 0.2) is 0 Å². The van der Waals surface area contributed by atoms with E-state index >= 15 is 0 Å². The van der Waals surface area contributed by atoms with Crippen LogP contribution in [0.1, 0.15) is 15.9 Å². The summed E-state index contributed by atoms with van der Waals surface area (Å²) in [6.45, 7) is 0.607. The van der Waals surface area contributed by atoms with Gasteiger partial charge < -0.3 is 4.90 Å². The van der Waals surface area contributed by atoms with Crippen LogP contribution < -0.4 is 4.72 Å². The summed E-state index contributed by atoms with van der Waals surface area (Å²) in [5.74, 6) is 0.0446. The lowest BCUT2D eigenvalue weighted by atomic mass is 10.1. The van der Waals surface area contributed by atoms with Crippen molar-refractivity contribution in [1.29, 1.82) is 0 Å². The Morgan fingerprint density at radius 1 is 1.00 bits per heavy atom. The van der Waals surface area contributed by atoms with Crippen LogP contribution in [0.25, 0.3) is 20.9 Å². The van der Waals surface area contributed by atoms with E-state index in [-0.39, 0.29) is 16.0 Å². The Bertz CT molecular complexity index is 1480. The van der Waals surface area contributed by atoms with Crippen molar-refractivity contribution in [3.8, 4) is 20.9 Å². The minimum absolute atomic E-state index is 0.0106. The maximum absolute atomic E-state index is 12.6. The van der Waals surface area contributed by atoms with Gasteiger partial charge in [0.25, 0.3) is 15.9 Å². The third kappa shape index (κ3) is 4.22. The van der Waals surface area contributed by atoms with Crippen molar-refractivity contribution in [2.45, 2.75) is 11.4 Å². The Labute approximate surface area is 199 Å². The number of carbonyl (C=O) groups excluding carboxylic acids is 1. The summed E-state index contributed by atoms with van der Waals surface area (Å²) in [7, 11) is -2.03. The second kappa shape index (κ2) is 8.26. The van der Waals surface area contributed by atoms with Gasteiger partial charge in [-0.05, 0) is 53.6 Å². The lowest BCUT2D eigenvalue weighted by Gasteiger charge is -2.08. The van der Waals surface area contributed by atoms with Crippen LogP contribution in [0.3, 0.4) is 0 Å². The van der Waals surface area contributed by atoms with Crippen molar-refractivity contribution in [2.75, 3.05) is 11.8 Å². The highest BCUT2D eigenvalue weighted by molar-refractivity contribution is 7.92. The molecule has 1 N–H and O–H groups in total. The zero-order valence-electron chi connectivity index (χ0n) is 17.3. The van der Waals surface area contributed by atoms with Crippen LogP contribution in [0.15, 0.2) is 72.0 Å². The fraction of sp³-hybridized carbons (Fsp3) is 0.0870. The quantitative estimate of drug-likeness (QED) is 0.396. The van der Waals surface area contributed by atoms with Crippen LogP contribution in [0.2, 0.25) is 5.15 Å². The number of nitrogens with one attached hydrogen (secondary N) is 1. The van der Waals surface area contributed by atoms with Crippen LogP contribution >= 0.6 is 22.9 Å². The minimum atomic E-state index is -3.82. The van der Waals surface area contributed by atoms with E-state index in [0.29, 0.717) is 12.2 Å². The number of aromatic nitrogens is 2. The number of fused-ring (bicyclic) bond motifs is 1. The van der Waals surface area contributed by atoms with Crippen molar-refractivity contribution in [3.05, 3.63) is 83.4 Å². The Balaban J connectivity index is 1.40. The number of thiophene rings is 1. The number of amides is 1. The second-order valence-electron chi connectivity index (χ2n) is 7.58. The highest BCUT2D eigenvalue weighted by atomic mass is 35.5. The molecule has 0 saturated carbocycles. The number of hydrogen-bond acceptors (Lipinski definition) is 6. The van der Waals surface area contributed by atoms with E-state index in [2.05, 4.69) is 20.8 Å². The molecule has 0 aliphatic carbocycles. The van der Waals surface area contributed by atoms with E-state index in [9.17, 15) is 13.2 Å². The van der Waals surface area contributed by atoms with Gasteiger partial charge in [-0.1, -0.05) is 17.7 Å². The van der Waals surface area contributed by atoms with E-state index in [1.54, 1.807) is 35.5 Å². The molecule has 3 aromatic heterocycles. The molecule has 33 heavy (non-hydrogen) atoms. The lowest BCUT2D eigenvalue weighted by Crippen LogP contribution is -2.17. The fourth-order valence-electron chi connectivity index (χ4n) is 3.63. The molecule has 7 nitrogen and oxygen atoms in total. The van der Waals surface area contributed by atoms with Gasteiger partial charge >= 0.3 is 0 Å². The number of benzene rings is 1. The highest BCUT2D eigenvalue weighted by Gasteiger charge is 2.24. The monoisotopic (exact) mass is 496 g/mol. The van der Waals surface area contributed by atoms with Crippen molar-refractivity contribution in [1.82, 2.24) is 14.9 Å². The smallest absolute Gasteiger partial charge is 0.263 e. The molecule has 0 spiro atoms. The first kappa shape index (κ1) is 21.6. The van der Waals surface area contributed by atoms with Crippen molar-refractivity contribution >= 4 is 44.6 Å². The topological polar surface area (TPSA) is 92.3 Å². The molecule has 5 rings (SSSR count). The van der Waals surface area contributed by atoms with Crippen LogP contribution in [0.4, 0.5) is 5.69 Å². The first-order valence-electron chi connectivity index (χ1n) is 9.88. The molecule has 0 saturated heterocycles. The molecular formula is C23H17ClN4O3S2. The number of halogens is 1. The van der Waals surface area contributed by atoms with Crippen LogP contribution in [0.5, 0.6) is 0 Å². The standard InChI is InChI=1S/C23H17ClN4O3S2/c1-28-13-16-8-14(2-4-19(16)23(28)29)20-5-6-21(32-20)15-9-17(11-25-10-15)27-33(30,31)18-3-7-22(24)26-12-18/h2-12,27H,13H2,1H3. The molecule has 1 aliphatic heterocycles. The SMILES string of the molecule is CN1Cc2cc(-c3ccc(-c4cncc(NS(=O)(=O)c5ccc(Cl)nc5)c4)s3)ccc2C1=O. The van der Waals surface area contributed by atoms with Crippen LogP contribution in [-0.4, -0.2) is 36.2 Å². The van der Waals surface area contributed by atoms with Gasteiger partial charge in [0.2, 0.25) is 0 Å². The van der Waals surface area contributed by atoms with Gasteiger partial charge in [-0.25, -0.2) is 13.4 Å². The first-order chi connectivity index (χ1) is 15.8. The van der Waals surface area contributed by atoms with E-state index in [0.717, 1.165) is 32.0 Å². The Morgan fingerprint density at radius 2 is 1.79 bits per heavy atom. The van der Waals surface area contributed by atoms with Gasteiger partial charge in [0.1, 0.15) is 10.0 Å². The average molecular weight is 497 g/mol. The van der Waals surface area contributed by atoms with Gasteiger partial charge in [0, 0.05) is 46.9 Å². The fourth-order valence-corrected chi connectivity index (χ4v) is 5.71. The van der Waals surface area contributed by atoms with Crippen LogP contribution in [-0.2, 0) is 16.6 Å². The number of sulfonamides is 1. The number of anilines is 1.